The van der Waals surface area contributed by atoms with Gasteiger partial charge in [0.05, 0.1) is 12.0 Å². The van der Waals surface area contributed by atoms with Crippen LogP contribution in [0.25, 0.3) is 11.1 Å². The molecule has 0 spiro atoms. The number of fused-ring (bicyclic) bond motifs is 1. The second kappa shape index (κ2) is 10.3. The standard InChI is InChI=1S/C20H25N3O5S/c1-2-3-8-15(18(25)19-21-14-9-4-5-10-16(14)27-19)22-20(26)28-29-13-17(24)23-11-6-7-12-23/h4-5,9-10,15H,2-3,6-8,11-13H2,1H3,(H,22,26)/t15-/m0/s1. The van der Waals surface area contributed by atoms with E-state index in [0.29, 0.717) is 17.5 Å². The SMILES string of the molecule is CCCC[C@H](NC(=O)OSCC(=O)N1CCCC1)C(=O)c1nc2ccccc2o1. The van der Waals surface area contributed by atoms with Crippen molar-refractivity contribution >= 4 is 40.9 Å². The Morgan fingerprint density at radius 3 is 2.76 bits per heavy atom. The lowest BCUT2D eigenvalue weighted by Gasteiger charge is -2.16. The third-order valence-electron chi connectivity index (χ3n) is 4.74. The van der Waals surface area contributed by atoms with Gasteiger partial charge in [-0.1, -0.05) is 31.9 Å². The number of carbonyl (C=O) groups excluding carboxylic acids is 3. The summed E-state index contributed by atoms with van der Waals surface area (Å²) in [5.74, 6) is -0.425. The van der Waals surface area contributed by atoms with Crippen molar-refractivity contribution in [3.05, 3.63) is 30.2 Å². The van der Waals surface area contributed by atoms with Crippen molar-refractivity contribution < 1.29 is 23.0 Å². The summed E-state index contributed by atoms with van der Waals surface area (Å²) in [6, 6.07) is 6.30. The van der Waals surface area contributed by atoms with Gasteiger partial charge in [0.15, 0.2) is 5.58 Å². The Hall–Kier alpha value is -2.55. The minimum Gasteiger partial charge on any atom is -0.434 e. The number of Topliss-reactive ketones (excluding diaryl/α,β-unsaturated/α-hetero) is 1. The van der Waals surface area contributed by atoms with Crippen molar-refractivity contribution in [1.82, 2.24) is 15.2 Å². The largest absolute Gasteiger partial charge is 0.434 e. The summed E-state index contributed by atoms with van der Waals surface area (Å²) in [4.78, 5) is 42.9. The summed E-state index contributed by atoms with van der Waals surface area (Å²) in [5, 5.41) is 2.58. The second-order valence-electron chi connectivity index (χ2n) is 6.91. The van der Waals surface area contributed by atoms with Gasteiger partial charge >= 0.3 is 6.09 Å². The molecule has 1 aliphatic heterocycles. The minimum absolute atomic E-state index is 0.0375. The molecule has 0 bridgehead atoms. The molecule has 1 saturated heterocycles. The fourth-order valence-electron chi connectivity index (χ4n) is 3.16. The van der Waals surface area contributed by atoms with Crippen molar-refractivity contribution in [3.63, 3.8) is 0 Å². The van der Waals surface area contributed by atoms with Gasteiger partial charge in [0.1, 0.15) is 17.3 Å². The van der Waals surface area contributed by atoms with Crippen LogP contribution in [0.3, 0.4) is 0 Å². The Labute approximate surface area is 173 Å². The second-order valence-corrected chi connectivity index (χ2v) is 7.60. The molecule has 0 radical (unpaired) electrons. The summed E-state index contributed by atoms with van der Waals surface area (Å²) in [6.45, 7) is 3.51. The van der Waals surface area contributed by atoms with Crippen LogP contribution < -0.4 is 5.32 Å². The molecule has 1 fully saturated rings. The van der Waals surface area contributed by atoms with E-state index in [0.717, 1.165) is 50.8 Å². The van der Waals surface area contributed by atoms with Crippen molar-refractivity contribution in [2.75, 3.05) is 18.8 Å². The molecular formula is C20H25N3O5S. The molecule has 1 aromatic heterocycles. The lowest BCUT2D eigenvalue weighted by Crippen LogP contribution is -2.41. The molecule has 0 unspecified atom stereocenters. The first-order valence-electron chi connectivity index (χ1n) is 9.86. The van der Waals surface area contributed by atoms with Crippen LogP contribution in [-0.4, -0.2) is 52.6 Å². The summed E-state index contributed by atoms with van der Waals surface area (Å²) in [6.07, 6.45) is 3.32. The molecule has 3 rings (SSSR count). The highest BCUT2D eigenvalue weighted by Gasteiger charge is 2.27. The monoisotopic (exact) mass is 419 g/mol. The number of hydrogen-bond acceptors (Lipinski definition) is 7. The van der Waals surface area contributed by atoms with Crippen LogP contribution in [-0.2, 0) is 8.98 Å². The maximum absolute atomic E-state index is 12.8. The predicted octanol–water partition coefficient (Wildman–Crippen LogP) is 3.57. The normalized spacial score (nSPS) is 14.7. The topological polar surface area (TPSA) is 102 Å². The number of hydrogen-bond donors (Lipinski definition) is 1. The molecule has 2 aromatic rings. The van der Waals surface area contributed by atoms with E-state index in [9.17, 15) is 14.4 Å². The van der Waals surface area contributed by atoms with Gasteiger partial charge in [-0.2, -0.15) is 0 Å². The molecule has 0 saturated carbocycles. The maximum Gasteiger partial charge on any atom is 0.419 e. The van der Waals surface area contributed by atoms with E-state index in [1.807, 2.05) is 13.0 Å². The van der Waals surface area contributed by atoms with Crippen molar-refractivity contribution in [2.45, 2.75) is 45.1 Å². The van der Waals surface area contributed by atoms with Crippen LogP contribution in [0, 0.1) is 0 Å². The van der Waals surface area contributed by atoms with Crippen LogP contribution in [0.2, 0.25) is 0 Å². The van der Waals surface area contributed by atoms with Gasteiger partial charge in [-0.25, -0.2) is 9.78 Å². The first-order valence-corrected chi connectivity index (χ1v) is 10.8. The number of likely N-dealkylation sites (tertiary alicyclic amines) is 1. The van der Waals surface area contributed by atoms with E-state index in [2.05, 4.69) is 10.3 Å². The average molecular weight is 420 g/mol. The number of benzene rings is 1. The van der Waals surface area contributed by atoms with Crippen molar-refractivity contribution in [3.8, 4) is 0 Å². The van der Waals surface area contributed by atoms with E-state index in [1.54, 1.807) is 23.1 Å². The third-order valence-corrected chi connectivity index (χ3v) is 5.37. The number of para-hydroxylation sites is 2. The molecule has 8 nitrogen and oxygen atoms in total. The first kappa shape index (κ1) is 21.2. The number of nitrogens with one attached hydrogen (secondary N) is 1. The number of oxazole rings is 1. The number of nitrogens with zero attached hydrogens (tertiary/aromatic N) is 2. The Bertz CT molecular complexity index is 830. The molecule has 0 aliphatic carbocycles. The van der Waals surface area contributed by atoms with Crippen LogP contribution in [0.15, 0.2) is 28.7 Å². The Kier molecular flexibility index (Phi) is 7.51. The van der Waals surface area contributed by atoms with Gasteiger partial charge in [0.25, 0.3) is 5.89 Å². The van der Waals surface area contributed by atoms with E-state index >= 15 is 0 Å². The molecule has 2 amide bonds. The Morgan fingerprint density at radius 2 is 2.03 bits per heavy atom. The highest BCUT2D eigenvalue weighted by Crippen LogP contribution is 2.18. The smallest absolute Gasteiger partial charge is 0.419 e. The zero-order chi connectivity index (χ0) is 20.6. The summed E-state index contributed by atoms with van der Waals surface area (Å²) in [7, 11) is 0. The number of rotatable bonds is 9. The van der Waals surface area contributed by atoms with E-state index < -0.39 is 17.9 Å². The zero-order valence-electron chi connectivity index (χ0n) is 16.4. The third kappa shape index (κ3) is 5.72. The summed E-state index contributed by atoms with van der Waals surface area (Å²) < 4.78 is 10.6. The van der Waals surface area contributed by atoms with Crippen molar-refractivity contribution in [2.24, 2.45) is 0 Å². The molecule has 1 N–H and O–H groups in total. The van der Waals surface area contributed by atoms with Crippen LogP contribution in [0.4, 0.5) is 4.79 Å². The number of unbranched alkanes of at least 4 members (excludes halogenated alkanes) is 1. The fourth-order valence-corrected chi connectivity index (χ4v) is 3.66. The summed E-state index contributed by atoms with van der Waals surface area (Å²) in [5.41, 5.74) is 1.10. The molecule has 1 aromatic carbocycles. The predicted molar refractivity (Wildman–Crippen MR) is 110 cm³/mol. The zero-order valence-corrected chi connectivity index (χ0v) is 17.2. The number of aromatic nitrogens is 1. The molecule has 1 atom stereocenters. The molecular weight excluding hydrogens is 394 g/mol. The van der Waals surface area contributed by atoms with Crippen molar-refractivity contribution in [1.29, 1.82) is 0 Å². The van der Waals surface area contributed by atoms with E-state index in [1.165, 1.54) is 0 Å². The van der Waals surface area contributed by atoms with Gasteiger partial charge in [-0.15, -0.1) is 0 Å². The van der Waals surface area contributed by atoms with Gasteiger partial charge < -0.3 is 18.8 Å². The lowest BCUT2D eigenvalue weighted by molar-refractivity contribution is -0.127. The number of carbonyl (C=O) groups is 3. The fraction of sp³-hybridized carbons (Fsp3) is 0.500. The lowest BCUT2D eigenvalue weighted by atomic mass is 10.1. The summed E-state index contributed by atoms with van der Waals surface area (Å²) >= 11 is 0.780. The van der Waals surface area contributed by atoms with Crippen LogP contribution in [0.1, 0.15) is 49.7 Å². The highest BCUT2D eigenvalue weighted by atomic mass is 32.2. The van der Waals surface area contributed by atoms with Gasteiger partial charge in [0.2, 0.25) is 11.7 Å². The van der Waals surface area contributed by atoms with E-state index in [-0.39, 0.29) is 17.6 Å². The minimum atomic E-state index is -0.801. The molecule has 9 heteroatoms. The Morgan fingerprint density at radius 1 is 1.28 bits per heavy atom. The Balaban J connectivity index is 1.55. The highest BCUT2D eigenvalue weighted by molar-refractivity contribution is 7.95. The molecule has 2 heterocycles. The van der Waals surface area contributed by atoms with Crippen LogP contribution >= 0.6 is 12.0 Å². The number of amides is 2. The maximum atomic E-state index is 12.8. The van der Waals surface area contributed by atoms with Crippen LogP contribution in [0.5, 0.6) is 0 Å². The molecule has 156 valence electrons. The average Bonchev–Trinajstić information content (AvgIpc) is 3.40. The quantitative estimate of drug-likeness (QED) is 0.490. The van der Waals surface area contributed by atoms with Gasteiger partial charge in [-0.05, 0) is 31.4 Å². The van der Waals surface area contributed by atoms with E-state index in [4.69, 9.17) is 8.60 Å². The number of ketones is 1. The van der Waals surface area contributed by atoms with Gasteiger partial charge in [-0.3, -0.25) is 9.59 Å². The van der Waals surface area contributed by atoms with Gasteiger partial charge in [0, 0.05) is 13.1 Å². The molecule has 29 heavy (non-hydrogen) atoms. The molecule has 1 aliphatic rings. The first-order chi connectivity index (χ1) is 14.1.